The highest BCUT2D eigenvalue weighted by Gasteiger charge is 2.61. The first-order chi connectivity index (χ1) is 9.78. The van der Waals surface area contributed by atoms with E-state index in [1.165, 1.54) is 0 Å². The van der Waals surface area contributed by atoms with Crippen molar-refractivity contribution in [2.75, 3.05) is 19.6 Å². The molecule has 1 saturated heterocycles. The van der Waals surface area contributed by atoms with Crippen molar-refractivity contribution < 1.29 is 27.9 Å². The molecule has 120 valence electrons. The van der Waals surface area contributed by atoms with Crippen LogP contribution in [0.3, 0.4) is 0 Å². The molecule has 3 N–H and O–H groups in total. The minimum Gasteiger partial charge on any atom is -0.481 e. The van der Waals surface area contributed by atoms with Gasteiger partial charge in [-0.2, -0.15) is 13.2 Å². The van der Waals surface area contributed by atoms with Crippen molar-refractivity contribution in [2.45, 2.75) is 31.9 Å². The number of halogens is 3. The van der Waals surface area contributed by atoms with Gasteiger partial charge in [0, 0.05) is 13.1 Å². The maximum Gasteiger partial charge on any atom is 0.404 e. The maximum absolute atomic E-state index is 13.2. The summed E-state index contributed by atoms with van der Waals surface area (Å²) in [5.74, 6) is -2.85. The maximum atomic E-state index is 13.2. The van der Waals surface area contributed by atoms with Gasteiger partial charge < -0.3 is 15.7 Å². The van der Waals surface area contributed by atoms with Crippen molar-refractivity contribution in [1.29, 1.82) is 0 Å². The Morgan fingerprint density at radius 2 is 2.05 bits per heavy atom. The lowest BCUT2D eigenvalue weighted by Gasteiger charge is -2.30. The Balaban J connectivity index is 1.99. The van der Waals surface area contributed by atoms with Gasteiger partial charge >= 0.3 is 12.1 Å². The SMILES string of the molecule is O=C(O)C1CCCC1CNC(=O)C1(C(F)(F)F)CCNC1. The predicted molar refractivity (Wildman–Crippen MR) is 67.5 cm³/mol. The van der Waals surface area contributed by atoms with E-state index in [9.17, 15) is 22.8 Å². The van der Waals surface area contributed by atoms with Gasteiger partial charge in [-0.05, 0) is 31.7 Å². The van der Waals surface area contributed by atoms with Gasteiger partial charge in [0.1, 0.15) is 0 Å². The molecule has 0 aromatic carbocycles. The molecule has 0 radical (unpaired) electrons. The third-order valence-corrected chi connectivity index (χ3v) is 4.63. The topological polar surface area (TPSA) is 78.4 Å². The molecular weight excluding hydrogens is 289 g/mol. The lowest BCUT2D eigenvalue weighted by molar-refractivity contribution is -0.216. The molecule has 1 amide bonds. The average Bonchev–Trinajstić information content (AvgIpc) is 3.04. The molecule has 0 aromatic heterocycles. The summed E-state index contributed by atoms with van der Waals surface area (Å²) in [6.45, 7) is -0.281. The van der Waals surface area contributed by atoms with Crippen LogP contribution < -0.4 is 10.6 Å². The second-order valence-corrected chi connectivity index (χ2v) is 5.85. The standard InChI is InChI=1S/C13H19F3N2O3/c14-13(15,16)12(4-5-17-7-12)11(21)18-6-8-2-1-3-9(8)10(19)20/h8-9,17H,1-7H2,(H,18,21)(H,19,20). The third kappa shape index (κ3) is 3.00. The van der Waals surface area contributed by atoms with Crippen molar-refractivity contribution in [1.82, 2.24) is 10.6 Å². The number of aliphatic carboxylic acids is 1. The van der Waals surface area contributed by atoms with Crippen LogP contribution in [0.1, 0.15) is 25.7 Å². The fourth-order valence-corrected chi connectivity index (χ4v) is 3.26. The van der Waals surface area contributed by atoms with Crippen LogP contribution in [0.5, 0.6) is 0 Å². The second kappa shape index (κ2) is 5.82. The van der Waals surface area contributed by atoms with Crippen LogP contribution in [-0.4, -0.2) is 42.8 Å². The summed E-state index contributed by atoms with van der Waals surface area (Å²) in [4.78, 5) is 23.1. The largest absolute Gasteiger partial charge is 0.481 e. The lowest BCUT2D eigenvalue weighted by atomic mass is 9.84. The highest BCUT2D eigenvalue weighted by atomic mass is 19.4. The molecule has 1 heterocycles. The van der Waals surface area contributed by atoms with Crippen molar-refractivity contribution in [3.63, 3.8) is 0 Å². The number of carbonyl (C=O) groups excluding carboxylic acids is 1. The van der Waals surface area contributed by atoms with Crippen molar-refractivity contribution in [3.05, 3.63) is 0 Å². The first kappa shape index (κ1) is 16.1. The summed E-state index contributed by atoms with van der Waals surface area (Å²) in [5.41, 5.74) is -2.38. The van der Waals surface area contributed by atoms with E-state index in [1.54, 1.807) is 0 Å². The molecule has 0 aromatic rings. The van der Waals surface area contributed by atoms with E-state index < -0.39 is 35.9 Å². The van der Waals surface area contributed by atoms with Crippen LogP contribution in [0.15, 0.2) is 0 Å². The number of hydrogen-bond donors (Lipinski definition) is 3. The van der Waals surface area contributed by atoms with Gasteiger partial charge in [0.05, 0.1) is 5.92 Å². The molecule has 5 nitrogen and oxygen atoms in total. The first-order valence-corrected chi connectivity index (χ1v) is 7.06. The Morgan fingerprint density at radius 3 is 2.57 bits per heavy atom. The molecule has 3 unspecified atom stereocenters. The molecule has 0 spiro atoms. The van der Waals surface area contributed by atoms with Gasteiger partial charge in [-0.1, -0.05) is 6.42 Å². The minimum atomic E-state index is -4.61. The van der Waals surface area contributed by atoms with E-state index in [1.807, 2.05) is 0 Å². The lowest BCUT2D eigenvalue weighted by Crippen LogP contribution is -2.53. The summed E-state index contributed by atoms with van der Waals surface area (Å²) >= 11 is 0. The zero-order valence-corrected chi connectivity index (χ0v) is 11.5. The summed E-state index contributed by atoms with van der Waals surface area (Å²) in [6, 6.07) is 0. The van der Waals surface area contributed by atoms with E-state index in [0.717, 1.165) is 6.42 Å². The first-order valence-electron chi connectivity index (χ1n) is 7.06. The molecule has 1 saturated carbocycles. The molecule has 3 atom stereocenters. The van der Waals surface area contributed by atoms with Crippen molar-refractivity contribution in [2.24, 2.45) is 17.3 Å². The highest BCUT2D eigenvalue weighted by Crippen LogP contribution is 2.43. The van der Waals surface area contributed by atoms with Crippen LogP contribution in [-0.2, 0) is 9.59 Å². The van der Waals surface area contributed by atoms with E-state index in [4.69, 9.17) is 5.11 Å². The second-order valence-electron chi connectivity index (χ2n) is 5.85. The Morgan fingerprint density at radius 1 is 1.33 bits per heavy atom. The fourth-order valence-electron chi connectivity index (χ4n) is 3.26. The fraction of sp³-hybridized carbons (Fsp3) is 0.846. The van der Waals surface area contributed by atoms with E-state index in [0.29, 0.717) is 12.8 Å². The van der Waals surface area contributed by atoms with Crippen LogP contribution in [0.2, 0.25) is 0 Å². The Hall–Kier alpha value is -1.31. The quantitative estimate of drug-likeness (QED) is 0.728. The Kier molecular flexibility index (Phi) is 4.46. The van der Waals surface area contributed by atoms with Crippen LogP contribution >= 0.6 is 0 Å². The van der Waals surface area contributed by atoms with Gasteiger partial charge in [-0.25, -0.2) is 0 Å². The molecule has 2 aliphatic rings. The van der Waals surface area contributed by atoms with E-state index >= 15 is 0 Å². The van der Waals surface area contributed by atoms with Crippen LogP contribution in [0.4, 0.5) is 13.2 Å². The summed E-state index contributed by atoms with van der Waals surface area (Å²) in [6.07, 6.45) is -3.03. The summed E-state index contributed by atoms with van der Waals surface area (Å²) in [7, 11) is 0. The minimum absolute atomic E-state index is 0.00632. The zero-order valence-electron chi connectivity index (χ0n) is 11.5. The average molecular weight is 308 g/mol. The molecule has 21 heavy (non-hydrogen) atoms. The number of hydrogen-bond acceptors (Lipinski definition) is 3. The monoisotopic (exact) mass is 308 g/mol. The van der Waals surface area contributed by atoms with E-state index in [-0.39, 0.29) is 25.4 Å². The molecule has 1 aliphatic carbocycles. The third-order valence-electron chi connectivity index (χ3n) is 4.63. The molecule has 2 fully saturated rings. The molecule has 2 rings (SSSR count). The molecule has 1 aliphatic heterocycles. The zero-order chi connectivity index (χ0) is 15.7. The number of carboxylic acid groups (broad SMARTS) is 1. The van der Waals surface area contributed by atoms with Gasteiger partial charge in [0.25, 0.3) is 0 Å². The molecular formula is C13H19F3N2O3. The number of alkyl halides is 3. The smallest absolute Gasteiger partial charge is 0.404 e. The molecule has 0 bridgehead atoms. The molecule has 8 heteroatoms. The van der Waals surface area contributed by atoms with Gasteiger partial charge in [0.2, 0.25) is 5.91 Å². The highest BCUT2D eigenvalue weighted by molar-refractivity contribution is 5.84. The van der Waals surface area contributed by atoms with Crippen molar-refractivity contribution >= 4 is 11.9 Å². The summed E-state index contributed by atoms with van der Waals surface area (Å²) in [5, 5.41) is 14.0. The Bertz CT molecular complexity index is 419. The number of carboxylic acids is 1. The van der Waals surface area contributed by atoms with Gasteiger partial charge in [-0.15, -0.1) is 0 Å². The number of nitrogens with one attached hydrogen (secondary N) is 2. The Labute approximate surface area is 120 Å². The van der Waals surface area contributed by atoms with E-state index in [2.05, 4.69) is 10.6 Å². The number of rotatable bonds is 4. The van der Waals surface area contributed by atoms with Gasteiger partial charge in [-0.3, -0.25) is 9.59 Å². The number of amides is 1. The normalized spacial score (nSPS) is 33.1. The van der Waals surface area contributed by atoms with Crippen molar-refractivity contribution in [3.8, 4) is 0 Å². The predicted octanol–water partition coefficient (Wildman–Crippen LogP) is 1.15. The van der Waals surface area contributed by atoms with Gasteiger partial charge in [0.15, 0.2) is 5.41 Å². The number of carbonyl (C=O) groups is 2. The summed E-state index contributed by atoms with van der Waals surface area (Å²) < 4.78 is 39.5. The van der Waals surface area contributed by atoms with Crippen LogP contribution in [0, 0.1) is 17.3 Å². The van der Waals surface area contributed by atoms with Crippen LogP contribution in [0.25, 0.3) is 0 Å².